The molecule has 0 bridgehead atoms. The summed E-state index contributed by atoms with van der Waals surface area (Å²) in [5, 5.41) is 13.3. The van der Waals surface area contributed by atoms with E-state index in [2.05, 4.69) is 4.98 Å². The van der Waals surface area contributed by atoms with Gasteiger partial charge in [-0.3, -0.25) is 0 Å². The Labute approximate surface area is 144 Å². The van der Waals surface area contributed by atoms with E-state index >= 15 is 0 Å². The standard InChI is InChI=1S/C19H18FNO2S/c1-19(22,15-7-4-8-16(20)10-15)18-21-17(12-24-18)14-6-3-5-13(9-14)11-23-2/h3-10,12,22H,11H2,1-2H3. The number of rotatable bonds is 5. The van der Waals surface area contributed by atoms with Gasteiger partial charge in [-0.2, -0.15) is 0 Å². The summed E-state index contributed by atoms with van der Waals surface area (Å²) in [5.74, 6) is -0.378. The van der Waals surface area contributed by atoms with E-state index in [-0.39, 0.29) is 5.82 Å². The first-order valence-electron chi connectivity index (χ1n) is 7.53. The topological polar surface area (TPSA) is 42.4 Å². The first-order valence-corrected chi connectivity index (χ1v) is 8.41. The molecule has 1 aromatic heterocycles. The lowest BCUT2D eigenvalue weighted by Crippen LogP contribution is -2.22. The fourth-order valence-corrected chi connectivity index (χ4v) is 3.44. The number of benzene rings is 2. The lowest BCUT2D eigenvalue weighted by Gasteiger charge is -2.21. The highest BCUT2D eigenvalue weighted by molar-refractivity contribution is 7.10. The Balaban J connectivity index is 1.94. The van der Waals surface area contributed by atoms with Crippen LogP contribution in [0, 0.1) is 5.82 Å². The predicted octanol–water partition coefficient (Wildman–Crippen LogP) is 4.35. The van der Waals surface area contributed by atoms with Gasteiger partial charge in [0.2, 0.25) is 0 Å². The number of hydrogen-bond acceptors (Lipinski definition) is 4. The summed E-state index contributed by atoms with van der Waals surface area (Å²) < 4.78 is 18.6. The molecule has 1 unspecified atom stereocenters. The summed E-state index contributed by atoms with van der Waals surface area (Å²) in [6.45, 7) is 2.16. The van der Waals surface area contributed by atoms with Crippen LogP contribution < -0.4 is 0 Å². The van der Waals surface area contributed by atoms with Crippen molar-refractivity contribution < 1.29 is 14.2 Å². The highest BCUT2D eigenvalue weighted by Crippen LogP contribution is 2.34. The largest absolute Gasteiger partial charge is 0.380 e. The van der Waals surface area contributed by atoms with Gasteiger partial charge in [0.25, 0.3) is 0 Å². The van der Waals surface area contributed by atoms with Gasteiger partial charge in [-0.25, -0.2) is 9.37 Å². The molecule has 0 spiro atoms. The van der Waals surface area contributed by atoms with Crippen LogP contribution in [0.5, 0.6) is 0 Å². The smallest absolute Gasteiger partial charge is 0.138 e. The zero-order valence-corrected chi connectivity index (χ0v) is 14.3. The second-order valence-corrected chi connectivity index (χ2v) is 6.61. The summed E-state index contributed by atoms with van der Waals surface area (Å²) in [6, 6.07) is 13.9. The van der Waals surface area contributed by atoms with Crippen LogP contribution >= 0.6 is 11.3 Å². The van der Waals surface area contributed by atoms with E-state index in [1.807, 2.05) is 29.6 Å². The Hall–Kier alpha value is -2.08. The highest BCUT2D eigenvalue weighted by atomic mass is 32.1. The lowest BCUT2D eigenvalue weighted by atomic mass is 9.96. The molecule has 0 saturated carbocycles. The van der Waals surface area contributed by atoms with Gasteiger partial charge in [0.15, 0.2) is 0 Å². The molecule has 24 heavy (non-hydrogen) atoms. The molecule has 1 atom stereocenters. The number of hydrogen-bond donors (Lipinski definition) is 1. The van der Waals surface area contributed by atoms with Crippen LogP contribution in [0.4, 0.5) is 4.39 Å². The SMILES string of the molecule is COCc1cccc(-c2csc(C(C)(O)c3cccc(F)c3)n2)c1. The third kappa shape index (κ3) is 3.38. The van der Waals surface area contributed by atoms with E-state index in [0.717, 1.165) is 16.8 Å². The van der Waals surface area contributed by atoms with Crippen molar-refractivity contribution in [3.05, 3.63) is 75.9 Å². The zero-order valence-electron chi connectivity index (χ0n) is 13.5. The third-order valence-electron chi connectivity index (χ3n) is 3.84. The summed E-state index contributed by atoms with van der Waals surface area (Å²) in [6.07, 6.45) is 0. The molecule has 0 aliphatic rings. The van der Waals surface area contributed by atoms with E-state index in [1.165, 1.54) is 23.5 Å². The number of halogens is 1. The molecule has 3 nitrogen and oxygen atoms in total. The first kappa shape index (κ1) is 16.8. The third-order valence-corrected chi connectivity index (χ3v) is 4.89. The number of aliphatic hydroxyl groups is 1. The maximum absolute atomic E-state index is 13.5. The second kappa shape index (κ2) is 6.81. The lowest BCUT2D eigenvalue weighted by molar-refractivity contribution is 0.102. The average molecular weight is 343 g/mol. The van der Waals surface area contributed by atoms with Crippen LogP contribution in [0.1, 0.15) is 23.1 Å². The maximum atomic E-state index is 13.5. The average Bonchev–Trinajstić information content (AvgIpc) is 3.06. The molecule has 0 saturated heterocycles. The van der Waals surface area contributed by atoms with Crippen molar-refractivity contribution in [3.8, 4) is 11.3 Å². The van der Waals surface area contributed by atoms with Gasteiger partial charge in [0.05, 0.1) is 12.3 Å². The molecule has 3 rings (SSSR count). The number of thiazole rings is 1. The molecule has 0 aliphatic carbocycles. The van der Waals surface area contributed by atoms with Gasteiger partial charge in [0.1, 0.15) is 16.4 Å². The molecule has 5 heteroatoms. The van der Waals surface area contributed by atoms with Gasteiger partial charge >= 0.3 is 0 Å². The highest BCUT2D eigenvalue weighted by Gasteiger charge is 2.29. The van der Waals surface area contributed by atoms with Crippen molar-refractivity contribution in [1.29, 1.82) is 0 Å². The van der Waals surface area contributed by atoms with Gasteiger partial charge in [-0.15, -0.1) is 11.3 Å². The van der Waals surface area contributed by atoms with Gasteiger partial charge in [0, 0.05) is 18.1 Å². The molecule has 0 fully saturated rings. The monoisotopic (exact) mass is 343 g/mol. The molecular weight excluding hydrogens is 325 g/mol. The number of nitrogens with zero attached hydrogens (tertiary/aromatic N) is 1. The molecule has 3 aromatic rings. The Morgan fingerprint density at radius 3 is 2.75 bits per heavy atom. The summed E-state index contributed by atoms with van der Waals surface area (Å²) in [5.41, 5.74) is 1.94. The van der Waals surface area contributed by atoms with Gasteiger partial charge < -0.3 is 9.84 Å². The Morgan fingerprint density at radius 2 is 2.00 bits per heavy atom. The van der Waals surface area contributed by atoms with Crippen LogP contribution in [-0.2, 0) is 16.9 Å². The van der Waals surface area contributed by atoms with Crippen molar-refractivity contribution >= 4 is 11.3 Å². The first-order chi connectivity index (χ1) is 11.5. The minimum atomic E-state index is -1.34. The molecular formula is C19H18FNO2S. The minimum Gasteiger partial charge on any atom is -0.380 e. The van der Waals surface area contributed by atoms with E-state index in [9.17, 15) is 9.50 Å². The van der Waals surface area contributed by atoms with Crippen LogP contribution in [0.15, 0.2) is 53.9 Å². The molecule has 124 valence electrons. The Morgan fingerprint density at radius 1 is 1.21 bits per heavy atom. The van der Waals surface area contributed by atoms with Crippen molar-refractivity contribution in [2.75, 3.05) is 7.11 Å². The maximum Gasteiger partial charge on any atom is 0.138 e. The van der Waals surface area contributed by atoms with E-state index in [1.54, 1.807) is 26.2 Å². The van der Waals surface area contributed by atoms with Crippen molar-refractivity contribution in [2.24, 2.45) is 0 Å². The van der Waals surface area contributed by atoms with Crippen molar-refractivity contribution in [1.82, 2.24) is 4.98 Å². The Kier molecular flexibility index (Phi) is 4.76. The number of methoxy groups -OCH3 is 1. The Bertz CT molecular complexity index is 845. The van der Waals surface area contributed by atoms with Crippen LogP contribution in [0.25, 0.3) is 11.3 Å². The number of aromatic nitrogens is 1. The van der Waals surface area contributed by atoms with Crippen LogP contribution in [-0.4, -0.2) is 17.2 Å². The fourth-order valence-electron chi connectivity index (χ4n) is 2.53. The van der Waals surface area contributed by atoms with Crippen molar-refractivity contribution in [3.63, 3.8) is 0 Å². The predicted molar refractivity (Wildman–Crippen MR) is 93.3 cm³/mol. The van der Waals surface area contributed by atoms with Gasteiger partial charge in [-0.1, -0.05) is 30.3 Å². The summed E-state index contributed by atoms with van der Waals surface area (Å²) in [4.78, 5) is 4.56. The molecule has 1 N–H and O–H groups in total. The quantitative estimate of drug-likeness (QED) is 0.749. The zero-order chi connectivity index (χ0) is 17.2. The molecule has 2 aromatic carbocycles. The molecule has 0 radical (unpaired) electrons. The molecule has 1 heterocycles. The molecule has 0 aliphatic heterocycles. The fraction of sp³-hybridized carbons (Fsp3) is 0.211. The van der Waals surface area contributed by atoms with Crippen LogP contribution in [0.3, 0.4) is 0 Å². The van der Waals surface area contributed by atoms with E-state index < -0.39 is 5.60 Å². The van der Waals surface area contributed by atoms with E-state index in [4.69, 9.17) is 4.74 Å². The summed E-state index contributed by atoms with van der Waals surface area (Å²) in [7, 11) is 1.66. The molecule has 0 amide bonds. The van der Waals surface area contributed by atoms with Crippen LogP contribution in [0.2, 0.25) is 0 Å². The normalized spacial score (nSPS) is 13.7. The second-order valence-electron chi connectivity index (χ2n) is 5.75. The number of ether oxygens (including phenoxy) is 1. The summed E-state index contributed by atoms with van der Waals surface area (Å²) >= 11 is 1.36. The minimum absolute atomic E-state index is 0.378. The van der Waals surface area contributed by atoms with Gasteiger partial charge in [-0.05, 0) is 36.2 Å². The van der Waals surface area contributed by atoms with Crippen molar-refractivity contribution in [2.45, 2.75) is 19.1 Å². The van der Waals surface area contributed by atoms with E-state index in [0.29, 0.717) is 17.2 Å².